The molecule has 1 heterocycles. The summed E-state index contributed by atoms with van der Waals surface area (Å²) >= 11 is 1.32. The number of esters is 1. The number of hydrogen-bond acceptors (Lipinski definition) is 6. The Hall–Kier alpha value is -2.06. The zero-order valence-electron chi connectivity index (χ0n) is 13.6. The molecule has 1 aromatic carbocycles. The second kappa shape index (κ2) is 8.70. The first-order valence-corrected chi connectivity index (χ1v) is 8.77. The van der Waals surface area contributed by atoms with E-state index >= 15 is 0 Å². The lowest BCUT2D eigenvalue weighted by molar-refractivity contribution is -0.123. The summed E-state index contributed by atoms with van der Waals surface area (Å²) in [5, 5.41) is 8.73. The highest BCUT2D eigenvalue weighted by Crippen LogP contribution is 2.14. The number of benzene rings is 1. The molecule has 0 bridgehead atoms. The Morgan fingerprint density at radius 3 is 2.67 bits per heavy atom. The third-order valence-electron chi connectivity index (χ3n) is 3.28. The van der Waals surface area contributed by atoms with Gasteiger partial charge in [0, 0.05) is 18.2 Å². The summed E-state index contributed by atoms with van der Waals surface area (Å²) in [4.78, 5) is 35.0. The van der Waals surface area contributed by atoms with Gasteiger partial charge in [0.2, 0.25) is 11.8 Å². The topological polar surface area (TPSA) is 96.5 Å². The molecular weight excluding hydrogens is 330 g/mol. The predicted molar refractivity (Wildman–Crippen MR) is 92.6 cm³/mol. The van der Waals surface area contributed by atoms with E-state index in [0.717, 1.165) is 0 Å². The first kappa shape index (κ1) is 18.3. The molecule has 2 rings (SSSR count). The lowest BCUT2D eigenvalue weighted by Crippen LogP contribution is -2.53. The molecule has 130 valence electrons. The van der Waals surface area contributed by atoms with Crippen molar-refractivity contribution in [2.75, 3.05) is 17.7 Å². The number of carbonyl (C=O) groups is 3. The van der Waals surface area contributed by atoms with Crippen LogP contribution in [0.25, 0.3) is 0 Å². The van der Waals surface area contributed by atoms with E-state index in [2.05, 4.69) is 16.0 Å². The molecule has 7 nitrogen and oxygen atoms in total. The van der Waals surface area contributed by atoms with Gasteiger partial charge in [-0.15, -0.1) is 11.8 Å². The fourth-order valence-electron chi connectivity index (χ4n) is 2.19. The fourth-order valence-corrected chi connectivity index (χ4v) is 3.13. The van der Waals surface area contributed by atoms with E-state index in [1.54, 1.807) is 31.2 Å². The van der Waals surface area contributed by atoms with Gasteiger partial charge in [-0.2, -0.15) is 0 Å². The Morgan fingerprint density at radius 2 is 2.04 bits per heavy atom. The highest BCUT2D eigenvalue weighted by atomic mass is 32.2. The summed E-state index contributed by atoms with van der Waals surface area (Å²) in [5.41, 5.74) is 0.771. The Labute approximate surface area is 144 Å². The minimum Gasteiger partial charge on any atom is -0.462 e. The van der Waals surface area contributed by atoms with Crippen molar-refractivity contribution in [3.63, 3.8) is 0 Å². The highest BCUT2D eigenvalue weighted by Gasteiger charge is 2.23. The van der Waals surface area contributed by atoms with Crippen LogP contribution in [0.1, 0.15) is 30.6 Å². The monoisotopic (exact) mass is 351 g/mol. The average molecular weight is 351 g/mol. The zero-order valence-corrected chi connectivity index (χ0v) is 14.4. The van der Waals surface area contributed by atoms with E-state index in [0.29, 0.717) is 24.3 Å². The predicted octanol–water partition coefficient (Wildman–Crippen LogP) is 1.32. The maximum atomic E-state index is 12.0. The van der Waals surface area contributed by atoms with Crippen LogP contribution in [0.4, 0.5) is 5.69 Å². The molecule has 1 aromatic rings. The number of nitrogens with one attached hydrogen (secondary N) is 3. The van der Waals surface area contributed by atoms with Crippen molar-refractivity contribution in [3.8, 4) is 0 Å². The maximum absolute atomic E-state index is 12.0. The van der Waals surface area contributed by atoms with Gasteiger partial charge < -0.3 is 15.4 Å². The molecule has 2 atom stereocenters. The van der Waals surface area contributed by atoms with Crippen LogP contribution >= 0.6 is 11.8 Å². The number of hydrogen-bond donors (Lipinski definition) is 3. The van der Waals surface area contributed by atoms with Gasteiger partial charge in [-0.05, 0) is 38.1 Å². The molecule has 1 fully saturated rings. The van der Waals surface area contributed by atoms with E-state index < -0.39 is 0 Å². The second-order valence-corrected chi connectivity index (χ2v) is 6.47. The molecule has 2 amide bonds. The van der Waals surface area contributed by atoms with Gasteiger partial charge in [-0.1, -0.05) is 0 Å². The number of carbonyl (C=O) groups excluding carboxylic acids is 3. The van der Waals surface area contributed by atoms with Crippen LogP contribution < -0.4 is 16.0 Å². The average Bonchev–Trinajstić information content (AvgIpc) is 2.53. The number of anilines is 1. The van der Waals surface area contributed by atoms with Gasteiger partial charge in [-0.3, -0.25) is 14.9 Å². The van der Waals surface area contributed by atoms with Crippen molar-refractivity contribution < 1.29 is 19.1 Å². The van der Waals surface area contributed by atoms with Crippen LogP contribution in [0.2, 0.25) is 0 Å². The fraction of sp³-hybridized carbons (Fsp3) is 0.438. The molecule has 1 aliphatic rings. The summed E-state index contributed by atoms with van der Waals surface area (Å²) in [5.74, 6) is -0.393. The molecule has 1 saturated heterocycles. The van der Waals surface area contributed by atoms with Crippen LogP contribution in [-0.4, -0.2) is 41.7 Å². The van der Waals surface area contributed by atoms with Crippen molar-refractivity contribution in [3.05, 3.63) is 29.8 Å². The number of rotatable bonds is 6. The number of ether oxygens (including phenoxy) is 1. The molecule has 0 spiro atoms. The van der Waals surface area contributed by atoms with Crippen molar-refractivity contribution in [2.45, 2.75) is 31.8 Å². The van der Waals surface area contributed by atoms with E-state index in [4.69, 9.17) is 4.74 Å². The Morgan fingerprint density at radius 1 is 1.33 bits per heavy atom. The molecule has 0 aromatic heterocycles. The summed E-state index contributed by atoms with van der Waals surface area (Å²) < 4.78 is 4.90. The first-order valence-electron chi connectivity index (χ1n) is 7.72. The van der Waals surface area contributed by atoms with Crippen LogP contribution in [0, 0.1) is 0 Å². The molecule has 0 radical (unpaired) electrons. The largest absolute Gasteiger partial charge is 0.462 e. The Kier molecular flexibility index (Phi) is 6.62. The quantitative estimate of drug-likeness (QED) is 0.669. The minimum atomic E-state index is -0.390. The number of thioether (sulfide) groups is 1. The molecular formula is C16H21N3O4S. The van der Waals surface area contributed by atoms with Gasteiger partial charge in [0.05, 0.1) is 17.9 Å². The van der Waals surface area contributed by atoms with Crippen molar-refractivity contribution in [1.82, 2.24) is 10.6 Å². The smallest absolute Gasteiger partial charge is 0.338 e. The molecule has 8 heteroatoms. The third-order valence-corrected chi connectivity index (χ3v) is 4.30. The molecule has 0 aliphatic carbocycles. The SMILES string of the molecule is CCOC(=O)c1ccc(NC(=O)CSC2NC(=O)CC(C)N2)cc1. The van der Waals surface area contributed by atoms with Crippen molar-refractivity contribution in [2.24, 2.45) is 0 Å². The van der Waals surface area contributed by atoms with Crippen LogP contribution in [0.15, 0.2) is 24.3 Å². The summed E-state index contributed by atoms with van der Waals surface area (Å²) in [6.07, 6.45) is 0.441. The summed E-state index contributed by atoms with van der Waals surface area (Å²) in [6.45, 7) is 3.99. The number of amides is 2. The summed E-state index contributed by atoms with van der Waals surface area (Å²) in [6, 6.07) is 6.60. The standard InChI is InChI=1S/C16H21N3O4S/c1-3-23-15(22)11-4-6-12(7-5-11)18-14(21)9-24-16-17-10(2)8-13(20)19-16/h4-7,10,16-17H,3,8-9H2,1-2H3,(H,18,21)(H,19,20). The van der Waals surface area contributed by atoms with Crippen molar-refractivity contribution in [1.29, 1.82) is 0 Å². The van der Waals surface area contributed by atoms with E-state index in [1.807, 2.05) is 6.92 Å². The van der Waals surface area contributed by atoms with Crippen molar-refractivity contribution >= 4 is 35.2 Å². The lowest BCUT2D eigenvalue weighted by atomic mass is 10.2. The normalized spacial score (nSPS) is 20.2. The van der Waals surface area contributed by atoms with E-state index in [-0.39, 0.29) is 35.1 Å². The molecule has 2 unspecified atom stereocenters. The lowest BCUT2D eigenvalue weighted by Gasteiger charge is -2.28. The van der Waals surface area contributed by atoms with E-state index in [1.165, 1.54) is 11.8 Å². The molecule has 24 heavy (non-hydrogen) atoms. The second-order valence-electron chi connectivity index (χ2n) is 5.38. The van der Waals surface area contributed by atoms with E-state index in [9.17, 15) is 14.4 Å². The van der Waals surface area contributed by atoms with Gasteiger partial charge in [0.1, 0.15) is 5.50 Å². The Bertz CT molecular complexity index is 606. The van der Waals surface area contributed by atoms with Gasteiger partial charge in [0.15, 0.2) is 0 Å². The highest BCUT2D eigenvalue weighted by molar-refractivity contribution is 8.00. The van der Waals surface area contributed by atoms with Crippen LogP contribution in [0.3, 0.4) is 0 Å². The van der Waals surface area contributed by atoms with Gasteiger partial charge in [-0.25, -0.2) is 4.79 Å². The molecule has 0 saturated carbocycles. The molecule has 3 N–H and O–H groups in total. The van der Waals surface area contributed by atoms with Crippen LogP contribution in [-0.2, 0) is 14.3 Å². The van der Waals surface area contributed by atoms with Crippen LogP contribution in [0.5, 0.6) is 0 Å². The minimum absolute atomic E-state index is 0.0197. The summed E-state index contributed by atoms with van der Waals surface area (Å²) in [7, 11) is 0. The van der Waals surface area contributed by atoms with Gasteiger partial charge >= 0.3 is 5.97 Å². The molecule has 1 aliphatic heterocycles. The first-order chi connectivity index (χ1) is 11.5. The Balaban J connectivity index is 1.79. The maximum Gasteiger partial charge on any atom is 0.338 e. The zero-order chi connectivity index (χ0) is 17.5. The third kappa shape index (κ3) is 5.54. The van der Waals surface area contributed by atoms with Gasteiger partial charge in [0.25, 0.3) is 0 Å².